The Morgan fingerprint density at radius 3 is 2.46 bits per heavy atom. The van der Waals surface area contributed by atoms with E-state index in [1.807, 2.05) is 20.8 Å². The van der Waals surface area contributed by atoms with E-state index in [2.05, 4.69) is 52.3 Å². The maximum Gasteiger partial charge on any atom is 0.222 e. The molecule has 1 aromatic rings. The van der Waals surface area contributed by atoms with Crippen LogP contribution in [0.15, 0.2) is 22.5 Å². The van der Waals surface area contributed by atoms with E-state index in [1.165, 1.54) is 4.88 Å². The van der Waals surface area contributed by atoms with Gasteiger partial charge < -0.3 is 16.0 Å². The number of nitrogens with zero attached hydrogens (tertiary/aromatic N) is 1. The van der Waals surface area contributed by atoms with Gasteiger partial charge in [-0.3, -0.25) is 9.79 Å². The van der Waals surface area contributed by atoms with Crippen LogP contribution in [0.1, 0.15) is 39.5 Å². The van der Waals surface area contributed by atoms with Gasteiger partial charge in [0.05, 0.1) is 6.54 Å². The lowest BCUT2D eigenvalue weighted by atomic mass is 9.92. The lowest BCUT2D eigenvalue weighted by Crippen LogP contribution is -2.42. The molecule has 0 atom stereocenters. The quantitative estimate of drug-likeness (QED) is 0.239. The van der Waals surface area contributed by atoms with Crippen molar-refractivity contribution >= 4 is 47.2 Å². The molecule has 0 aromatic carbocycles. The maximum atomic E-state index is 11.5. The SMILES string of the molecule is CCNC(=NCC(C)(C)c1cccs1)NCCNC(=O)C(C)C.I. The molecule has 1 aromatic heterocycles. The third-order valence-corrected chi connectivity index (χ3v) is 4.64. The largest absolute Gasteiger partial charge is 0.357 e. The fourth-order valence-corrected chi connectivity index (χ4v) is 2.78. The number of carbonyl (C=O) groups is 1. The number of rotatable bonds is 8. The van der Waals surface area contributed by atoms with Crippen LogP contribution in [0.4, 0.5) is 0 Å². The number of amides is 1. The zero-order valence-corrected chi connectivity index (χ0v) is 18.5. The third kappa shape index (κ3) is 8.32. The van der Waals surface area contributed by atoms with Gasteiger partial charge >= 0.3 is 0 Å². The van der Waals surface area contributed by atoms with Crippen LogP contribution in [0.3, 0.4) is 0 Å². The number of nitrogens with one attached hydrogen (secondary N) is 3. The Hall–Kier alpha value is -0.830. The van der Waals surface area contributed by atoms with Crippen molar-refractivity contribution in [1.82, 2.24) is 16.0 Å². The van der Waals surface area contributed by atoms with Crippen molar-refractivity contribution < 1.29 is 4.79 Å². The molecule has 0 aliphatic rings. The molecular weight excluding hydrogens is 435 g/mol. The second-order valence-corrected chi connectivity index (χ2v) is 7.38. The predicted octanol–water partition coefficient (Wildman–Crippen LogP) is 2.97. The van der Waals surface area contributed by atoms with Gasteiger partial charge in [-0.25, -0.2) is 0 Å². The number of carbonyl (C=O) groups excluding carboxylic acids is 1. The summed E-state index contributed by atoms with van der Waals surface area (Å²) >= 11 is 1.76. The fraction of sp³-hybridized carbons (Fsp3) is 0.647. The van der Waals surface area contributed by atoms with E-state index in [9.17, 15) is 4.79 Å². The molecule has 0 radical (unpaired) electrons. The van der Waals surface area contributed by atoms with Crippen molar-refractivity contribution in [2.24, 2.45) is 10.9 Å². The van der Waals surface area contributed by atoms with E-state index in [-0.39, 0.29) is 41.2 Å². The van der Waals surface area contributed by atoms with E-state index in [0.29, 0.717) is 19.6 Å². The van der Waals surface area contributed by atoms with Crippen molar-refractivity contribution in [3.05, 3.63) is 22.4 Å². The Balaban J connectivity index is 0.00000529. The van der Waals surface area contributed by atoms with Crippen molar-refractivity contribution in [2.45, 2.75) is 40.0 Å². The van der Waals surface area contributed by atoms with Gasteiger partial charge in [0.15, 0.2) is 5.96 Å². The Labute approximate surface area is 167 Å². The highest BCUT2D eigenvalue weighted by atomic mass is 127. The van der Waals surface area contributed by atoms with Crippen molar-refractivity contribution in [2.75, 3.05) is 26.2 Å². The molecule has 5 nitrogen and oxygen atoms in total. The van der Waals surface area contributed by atoms with Crippen LogP contribution in [0.5, 0.6) is 0 Å². The highest BCUT2D eigenvalue weighted by Crippen LogP contribution is 2.27. The summed E-state index contributed by atoms with van der Waals surface area (Å²) in [6, 6.07) is 4.23. The zero-order chi connectivity index (χ0) is 17.3. The summed E-state index contributed by atoms with van der Waals surface area (Å²) in [6.07, 6.45) is 0. The summed E-state index contributed by atoms with van der Waals surface area (Å²) in [5, 5.41) is 11.5. The summed E-state index contributed by atoms with van der Waals surface area (Å²) in [4.78, 5) is 17.5. The number of aliphatic imine (C=N–C) groups is 1. The molecule has 0 spiro atoms. The highest BCUT2D eigenvalue weighted by Gasteiger charge is 2.21. The Kier molecular flexibility index (Phi) is 11.3. The second-order valence-electron chi connectivity index (χ2n) is 6.43. The summed E-state index contributed by atoms with van der Waals surface area (Å²) < 4.78 is 0. The second kappa shape index (κ2) is 11.7. The minimum absolute atomic E-state index is 0. The molecule has 1 rings (SSSR count). The summed E-state index contributed by atoms with van der Waals surface area (Å²) in [5.41, 5.74) is 0.0162. The van der Waals surface area contributed by atoms with Crippen LogP contribution >= 0.6 is 35.3 Å². The third-order valence-electron chi connectivity index (χ3n) is 3.41. The number of guanidine groups is 1. The normalized spacial score (nSPS) is 11.8. The number of hydrogen-bond acceptors (Lipinski definition) is 3. The monoisotopic (exact) mass is 466 g/mol. The molecule has 1 amide bonds. The van der Waals surface area contributed by atoms with E-state index in [0.717, 1.165) is 12.5 Å². The molecule has 0 fully saturated rings. The average Bonchev–Trinajstić information content (AvgIpc) is 3.03. The van der Waals surface area contributed by atoms with Gasteiger partial charge in [0.2, 0.25) is 5.91 Å². The Bertz CT molecular complexity index is 501. The van der Waals surface area contributed by atoms with E-state index in [4.69, 9.17) is 0 Å². The first-order valence-corrected chi connectivity index (χ1v) is 9.08. The average molecular weight is 466 g/mol. The smallest absolute Gasteiger partial charge is 0.222 e. The predicted molar refractivity (Wildman–Crippen MR) is 115 cm³/mol. The van der Waals surface area contributed by atoms with E-state index < -0.39 is 0 Å². The lowest BCUT2D eigenvalue weighted by Gasteiger charge is -2.22. The van der Waals surface area contributed by atoms with Gasteiger partial charge in [-0.15, -0.1) is 35.3 Å². The fourth-order valence-electron chi connectivity index (χ4n) is 1.93. The first-order chi connectivity index (χ1) is 10.9. The number of thiophene rings is 1. The van der Waals surface area contributed by atoms with Crippen molar-refractivity contribution in [3.63, 3.8) is 0 Å². The van der Waals surface area contributed by atoms with Crippen LogP contribution in [0.25, 0.3) is 0 Å². The van der Waals surface area contributed by atoms with Crippen molar-refractivity contribution in [1.29, 1.82) is 0 Å². The molecule has 1 heterocycles. The molecule has 138 valence electrons. The lowest BCUT2D eigenvalue weighted by molar-refractivity contribution is -0.123. The zero-order valence-electron chi connectivity index (χ0n) is 15.3. The molecular formula is C17H31IN4OS. The molecule has 0 saturated carbocycles. The molecule has 0 aliphatic carbocycles. The van der Waals surface area contributed by atoms with Crippen LogP contribution in [0, 0.1) is 5.92 Å². The molecule has 0 unspecified atom stereocenters. The summed E-state index contributed by atoms with van der Waals surface area (Å²) in [6.45, 7) is 13.0. The van der Waals surface area contributed by atoms with Gasteiger partial charge in [0.25, 0.3) is 0 Å². The highest BCUT2D eigenvalue weighted by molar-refractivity contribution is 14.0. The minimum atomic E-state index is 0. The first kappa shape index (κ1) is 23.2. The van der Waals surface area contributed by atoms with Crippen LogP contribution < -0.4 is 16.0 Å². The van der Waals surface area contributed by atoms with Gasteiger partial charge in [0, 0.05) is 35.8 Å². The number of halogens is 1. The first-order valence-electron chi connectivity index (χ1n) is 8.20. The maximum absolute atomic E-state index is 11.5. The van der Waals surface area contributed by atoms with Gasteiger partial charge in [-0.05, 0) is 18.4 Å². The molecule has 7 heteroatoms. The Morgan fingerprint density at radius 2 is 1.92 bits per heavy atom. The standard InChI is InChI=1S/C17H30N4OS.HI/c1-6-18-16(20-10-9-19-15(22)13(2)3)21-12-17(4,5)14-8-7-11-23-14;/h7-8,11,13H,6,9-10,12H2,1-5H3,(H,19,22)(H2,18,20,21);1H. The van der Waals surface area contributed by atoms with Gasteiger partial charge in [0.1, 0.15) is 0 Å². The van der Waals surface area contributed by atoms with Crippen molar-refractivity contribution in [3.8, 4) is 0 Å². The molecule has 0 saturated heterocycles. The molecule has 0 bridgehead atoms. The molecule has 24 heavy (non-hydrogen) atoms. The van der Waals surface area contributed by atoms with E-state index >= 15 is 0 Å². The van der Waals surface area contributed by atoms with Crippen LogP contribution in [-0.4, -0.2) is 38.0 Å². The topological polar surface area (TPSA) is 65.5 Å². The molecule has 0 aliphatic heterocycles. The summed E-state index contributed by atoms with van der Waals surface area (Å²) in [7, 11) is 0. The van der Waals surface area contributed by atoms with Crippen LogP contribution in [0.2, 0.25) is 0 Å². The number of hydrogen-bond donors (Lipinski definition) is 3. The van der Waals surface area contributed by atoms with E-state index in [1.54, 1.807) is 11.3 Å². The molecule has 3 N–H and O–H groups in total. The summed E-state index contributed by atoms with van der Waals surface area (Å²) in [5.74, 6) is 0.881. The van der Waals surface area contributed by atoms with Gasteiger partial charge in [-0.2, -0.15) is 0 Å². The Morgan fingerprint density at radius 1 is 1.25 bits per heavy atom. The van der Waals surface area contributed by atoms with Gasteiger partial charge in [-0.1, -0.05) is 33.8 Å². The minimum Gasteiger partial charge on any atom is -0.357 e. The van der Waals surface area contributed by atoms with Crippen LogP contribution in [-0.2, 0) is 10.2 Å².